The smallest absolute Gasteiger partial charge is 0.0957 e. The molecule has 0 aromatic carbocycles. The van der Waals surface area contributed by atoms with Crippen molar-refractivity contribution in [2.75, 3.05) is 0 Å². The van der Waals surface area contributed by atoms with Crippen molar-refractivity contribution >= 4 is 0 Å². The van der Waals surface area contributed by atoms with Gasteiger partial charge in [0, 0.05) is 0 Å². The molecule has 0 N–H and O–H groups in total. The number of nitrogens with zero attached hydrogens (tertiary/aromatic N) is 1. The molecule has 2 heteroatoms. The van der Waals surface area contributed by atoms with E-state index in [1.807, 2.05) is 0 Å². The van der Waals surface area contributed by atoms with Crippen molar-refractivity contribution in [2.45, 2.75) is 77.7 Å². The number of nitroso groups, excluding NO2 is 1. The Balaban J connectivity index is 1.66. The maximum absolute atomic E-state index is 10.9. The Bertz CT molecular complexity index is 484. The quantitative estimate of drug-likeness (QED) is 0.464. The highest BCUT2D eigenvalue weighted by atomic mass is 16.3. The molecule has 0 amide bonds. The Hall–Kier alpha value is -0.660. The van der Waals surface area contributed by atoms with Crippen molar-refractivity contribution in [1.82, 2.24) is 0 Å². The van der Waals surface area contributed by atoms with Crippen LogP contribution in [0.15, 0.2) is 16.8 Å². The van der Waals surface area contributed by atoms with Gasteiger partial charge < -0.3 is 0 Å². The van der Waals surface area contributed by atoms with Gasteiger partial charge in [0.05, 0.1) is 6.04 Å². The molecule has 0 heterocycles. The lowest BCUT2D eigenvalue weighted by Gasteiger charge is -2.57. The van der Waals surface area contributed by atoms with E-state index in [2.05, 4.69) is 25.1 Å². The highest BCUT2D eigenvalue weighted by Crippen LogP contribution is 2.64. The van der Waals surface area contributed by atoms with Crippen LogP contribution in [0.25, 0.3) is 0 Å². The molecule has 0 aliphatic heterocycles. The topological polar surface area (TPSA) is 29.4 Å². The van der Waals surface area contributed by atoms with Crippen LogP contribution in [0.3, 0.4) is 0 Å². The van der Waals surface area contributed by atoms with Crippen molar-refractivity contribution in [2.24, 2.45) is 33.8 Å². The maximum atomic E-state index is 10.9. The molecule has 0 spiro atoms. The molecule has 4 aliphatic rings. The molecule has 0 aromatic rings. The van der Waals surface area contributed by atoms with Gasteiger partial charge in [-0.3, -0.25) is 0 Å². The van der Waals surface area contributed by atoms with E-state index in [-0.39, 0.29) is 6.04 Å². The van der Waals surface area contributed by atoms with Gasteiger partial charge in [0.1, 0.15) is 0 Å². The first kappa shape index (κ1) is 14.0. The molecule has 4 rings (SSSR count). The van der Waals surface area contributed by atoms with Crippen LogP contribution in [0.1, 0.15) is 71.6 Å². The molecule has 116 valence electrons. The molecule has 6 atom stereocenters. The summed E-state index contributed by atoms with van der Waals surface area (Å²) in [6.45, 7) is 5.07. The van der Waals surface area contributed by atoms with Crippen LogP contribution in [0.2, 0.25) is 0 Å². The third-order valence-electron chi connectivity index (χ3n) is 8.01. The van der Waals surface area contributed by atoms with Crippen LogP contribution < -0.4 is 0 Å². The summed E-state index contributed by atoms with van der Waals surface area (Å²) in [5, 5.41) is 3.35. The minimum Gasteiger partial charge on any atom is -0.151 e. The molecule has 0 aromatic heterocycles. The average Bonchev–Trinajstić information content (AvgIpc) is 2.88. The molecular formula is C19H29NO. The zero-order chi connectivity index (χ0) is 14.7. The van der Waals surface area contributed by atoms with Crippen LogP contribution in [0, 0.1) is 33.5 Å². The van der Waals surface area contributed by atoms with Gasteiger partial charge in [-0.15, -0.1) is 0 Å². The third kappa shape index (κ3) is 1.90. The van der Waals surface area contributed by atoms with Crippen LogP contribution in [-0.2, 0) is 0 Å². The van der Waals surface area contributed by atoms with Gasteiger partial charge in [-0.1, -0.05) is 37.1 Å². The van der Waals surface area contributed by atoms with E-state index < -0.39 is 0 Å². The fraction of sp³-hybridized carbons (Fsp3) is 0.895. The molecule has 3 fully saturated rings. The van der Waals surface area contributed by atoms with Crippen molar-refractivity contribution in [1.29, 1.82) is 0 Å². The lowest BCUT2D eigenvalue weighted by atomic mass is 9.48. The molecule has 0 bridgehead atoms. The molecule has 4 aliphatic carbocycles. The van der Waals surface area contributed by atoms with Crippen LogP contribution in [0.4, 0.5) is 0 Å². The van der Waals surface area contributed by atoms with E-state index in [0.717, 1.165) is 30.6 Å². The fourth-order valence-electron chi connectivity index (χ4n) is 6.72. The normalized spacial score (nSPS) is 52.4. The summed E-state index contributed by atoms with van der Waals surface area (Å²) in [4.78, 5) is 10.9. The van der Waals surface area contributed by atoms with Crippen LogP contribution >= 0.6 is 0 Å². The van der Waals surface area contributed by atoms with E-state index in [0.29, 0.717) is 10.8 Å². The lowest BCUT2D eigenvalue weighted by Crippen LogP contribution is -2.49. The predicted molar refractivity (Wildman–Crippen MR) is 85.9 cm³/mol. The molecule has 0 radical (unpaired) electrons. The van der Waals surface area contributed by atoms with Gasteiger partial charge in [0.25, 0.3) is 0 Å². The van der Waals surface area contributed by atoms with Crippen molar-refractivity contribution in [3.05, 3.63) is 16.6 Å². The standard InChI is InChI=1S/C19H29NO/c1-18-9-3-4-16(18)15-6-5-13-12-14(20-21)7-11-19(13,2)17(15)8-10-18/h5,14-17H,3-4,6-12H2,1-2H3. The second-order valence-corrected chi connectivity index (χ2v) is 8.85. The minimum absolute atomic E-state index is 0.0567. The number of fused-ring (bicyclic) bond motifs is 5. The Labute approximate surface area is 128 Å². The second kappa shape index (κ2) is 4.67. The second-order valence-electron chi connectivity index (χ2n) is 8.85. The van der Waals surface area contributed by atoms with E-state index >= 15 is 0 Å². The predicted octanol–water partition coefficient (Wildman–Crippen LogP) is 5.47. The van der Waals surface area contributed by atoms with Crippen molar-refractivity contribution < 1.29 is 0 Å². The fourth-order valence-corrected chi connectivity index (χ4v) is 6.72. The Kier molecular flexibility index (Phi) is 3.10. The monoisotopic (exact) mass is 287 g/mol. The van der Waals surface area contributed by atoms with E-state index in [9.17, 15) is 4.91 Å². The zero-order valence-corrected chi connectivity index (χ0v) is 13.6. The highest BCUT2D eigenvalue weighted by molar-refractivity contribution is 5.25. The van der Waals surface area contributed by atoms with Gasteiger partial charge in [0.2, 0.25) is 0 Å². The van der Waals surface area contributed by atoms with Crippen LogP contribution in [0.5, 0.6) is 0 Å². The first-order valence-electron chi connectivity index (χ1n) is 9.09. The Morgan fingerprint density at radius 2 is 1.95 bits per heavy atom. The number of allylic oxidation sites excluding steroid dienone is 1. The summed E-state index contributed by atoms with van der Waals surface area (Å²) in [5.74, 6) is 2.76. The van der Waals surface area contributed by atoms with Crippen LogP contribution in [-0.4, -0.2) is 6.04 Å². The molecular weight excluding hydrogens is 258 g/mol. The maximum Gasteiger partial charge on any atom is 0.0957 e. The summed E-state index contributed by atoms with van der Waals surface area (Å²) in [6, 6.07) is 0.0567. The molecule has 21 heavy (non-hydrogen) atoms. The number of hydrogen-bond donors (Lipinski definition) is 0. The first-order chi connectivity index (χ1) is 10.1. The third-order valence-corrected chi connectivity index (χ3v) is 8.01. The Morgan fingerprint density at radius 3 is 2.76 bits per heavy atom. The van der Waals surface area contributed by atoms with E-state index in [4.69, 9.17) is 0 Å². The lowest BCUT2D eigenvalue weighted by molar-refractivity contribution is -0.0260. The summed E-state index contributed by atoms with van der Waals surface area (Å²) in [5.41, 5.74) is 2.61. The Morgan fingerprint density at radius 1 is 1.10 bits per heavy atom. The number of rotatable bonds is 1. The van der Waals surface area contributed by atoms with Gasteiger partial charge in [-0.25, -0.2) is 0 Å². The molecule has 3 saturated carbocycles. The molecule has 0 saturated heterocycles. The average molecular weight is 287 g/mol. The first-order valence-corrected chi connectivity index (χ1v) is 9.09. The molecule has 6 unspecified atom stereocenters. The SMILES string of the molecule is CC12CCCC1C1CC=C3CC(N=O)CCC3(C)C1CC2. The van der Waals surface area contributed by atoms with Gasteiger partial charge >= 0.3 is 0 Å². The summed E-state index contributed by atoms with van der Waals surface area (Å²) in [6.07, 6.45) is 14.2. The summed E-state index contributed by atoms with van der Waals surface area (Å²) < 4.78 is 0. The van der Waals surface area contributed by atoms with E-state index in [1.165, 1.54) is 44.9 Å². The zero-order valence-electron chi connectivity index (χ0n) is 13.6. The van der Waals surface area contributed by atoms with Crippen molar-refractivity contribution in [3.8, 4) is 0 Å². The van der Waals surface area contributed by atoms with Gasteiger partial charge in [-0.05, 0) is 80.0 Å². The summed E-state index contributed by atoms with van der Waals surface area (Å²) in [7, 11) is 0. The van der Waals surface area contributed by atoms with Gasteiger partial charge in [-0.2, -0.15) is 4.91 Å². The highest BCUT2D eigenvalue weighted by Gasteiger charge is 2.55. The summed E-state index contributed by atoms with van der Waals surface area (Å²) >= 11 is 0. The minimum atomic E-state index is 0.0567. The van der Waals surface area contributed by atoms with Crippen molar-refractivity contribution in [3.63, 3.8) is 0 Å². The number of hydrogen-bond acceptors (Lipinski definition) is 2. The largest absolute Gasteiger partial charge is 0.151 e. The van der Waals surface area contributed by atoms with E-state index in [1.54, 1.807) is 5.57 Å². The molecule has 2 nitrogen and oxygen atoms in total. The van der Waals surface area contributed by atoms with Gasteiger partial charge in [0.15, 0.2) is 0 Å².